The van der Waals surface area contributed by atoms with Crippen molar-refractivity contribution in [1.29, 1.82) is 0 Å². The summed E-state index contributed by atoms with van der Waals surface area (Å²) in [5.74, 6) is 0.136. The van der Waals surface area contributed by atoms with Gasteiger partial charge in [0.2, 0.25) is 0 Å². The maximum Gasteiger partial charge on any atom is 0.303 e. The number of nitrogens with zero attached hydrogens (tertiary/aromatic N) is 2. The Morgan fingerprint density at radius 2 is 1.73 bits per heavy atom. The second-order valence-corrected chi connectivity index (χ2v) is 6.35. The number of rotatable bonds is 5. The topological polar surface area (TPSA) is 44.1 Å². The summed E-state index contributed by atoms with van der Waals surface area (Å²) >= 11 is 0. The van der Waals surface area contributed by atoms with Gasteiger partial charge in [0.25, 0.3) is 0 Å². The molecule has 4 nitrogen and oxygen atoms in total. The molecule has 1 heterocycles. The van der Waals surface area contributed by atoms with E-state index in [1.165, 1.54) is 19.1 Å². The van der Waals surface area contributed by atoms with Crippen LogP contribution in [0.5, 0.6) is 0 Å². The quantitative estimate of drug-likeness (QED) is 0.607. The minimum atomic E-state index is -0.354. The highest BCUT2D eigenvalue weighted by atomic mass is 19.1. The smallest absolute Gasteiger partial charge is 0.303 e. The maximum absolute atomic E-state index is 13.3. The van der Waals surface area contributed by atoms with Gasteiger partial charge in [-0.25, -0.2) is 9.37 Å². The van der Waals surface area contributed by atoms with Gasteiger partial charge >= 0.3 is 5.97 Å². The normalized spacial score (nSPS) is 11.0. The van der Waals surface area contributed by atoms with Crippen LogP contribution in [-0.4, -0.2) is 15.5 Å². The summed E-state index contributed by atoms with van der Waals surface area (Å²) < 4.78 is 20.7. The SMILES string of the molecule is CC(=O)OCc1c(-c2ccc(F)cc2)nc(-c2ccccc2)n1C(C)C. The summed E-state index contributed by atoms with van der Waals surface area (Å²) in [6.07, 6.45) is 0. The van der Waals surface area contributed by atoms with Crippen molar-refractivity contribution >= 4 is 5.97 Å². The molecule has 26 heavy (non-hydrogen) atoms. The molecular weight excluding hydrogens is 331 g/mol. The van der Waals surface area contributed by atoms with E-state index < -0.39 is 0 Å². The first-order valence-corrected chi connectivity index (χ1v) is 8.53. The molecular formula is C21H21FN2O2. The molecule has 0 unspecified atom stereocenters. The molecule has 0 saturated heterocycles. The summed E-state index contributed by atoms with van der Waals surface area (Å²) in [5.41, 5.74) is 3.24. The van der Waals surface area contributed by atoms with Crippen molar-refractivity contribution < 1.29 is 13.9 Å². The Hall–Kier alpha value is -2.95. The van der Waals surface area contributed by atoms with Crippen LogP contribution in [0.3, 0.4) is 0 Å². The molecule has 3 rings (SSSR count). The molecule has 0 amide bonds. The van der Waals surface area contributed by atoms with E-state index in [1.54, 1.807) is 12.1 Å². The van der Waals surface area contributed by atoms with Gasteiger partial charge in [-0.1, -0.05) is 30.3 Å². The predicted molar refractivity (Wildman–Crippen MR) is 98.9 cm³/mol. The number of ether oxygens (including phenoxy) is 1. The average Bonchev–Trinajstić information content (AvgIpc) is 3.01. The van der Waals surface area contributed by atoms with Crippen LogP contribution in [0.2, 0.25) is 0 Å². The lowest BCUT2D eigenvalue weighted by molar-refractivity contribution is -0.142. The largest absolute Gasteiger partial charge is 0.459 e. The molecule has 0 aliphatic heterocycles. The number of imidazole rings is 1. The van der Waals surface area contributed by atoms with Crippen LogP contribution in [0.25, 0.3) is 22.6 Å². The van der Waals surface area contributed by atoms with Crippen LogP contribution in [0.4, 0.5) is 4.39 Å². The summed E-state index contributed by atoms with van der Waals surface area (Å²) in [7, 11) is 0. The fourth-order valence-corrected chi connectivity index (χ4v) is 2.96. The number of carbonyl (C=O) groups excluding carboxylic acids is 1. The Balaban J connectivity index is 2.21. The van der Waals surface area contributed by atoms with Crippen molar-refractivity contribution in [2.45, 2.75) is 33.4 Å². The van der Waals surface area contributed by atoms with Gasteiger partial charge in [0.1, 0.15) is 18.2 Å². The molecule has 0 fully saturated rings. The van der Waals surface area contributed by atoms with Crippen LogP contribution in [0, 0.1) is 5.82 Å². The van der Waals surface area contributed by atoms with Gasteiger partial charge in [-0.15, -0.1) is 0 Å². The summed E-state index contributed by atoms with van der Waals surface area (Å²) in [6, 6.07) is 16.1. The minimum Gasteiger partial charge on any atom is -0.459 e. The molecule has 0 bridgehead atoms. The van der Waals surface area contributed by atoms with Crippen molar-refractivity contribution in [1.82, 2.24) is 9.55 Å². The van der Waals surface area contributed by atoms with Crippen molar-refractivity contribution in [2.75, 3.05) is 0 Å². The molecule has 0 atom stereocenters. The van der Waals surface area contributed by atoms with Crippen molar-refractivity contribution in [3.05, 3.63) is 66.1 Å². The van der Waals surface area contributed by atoms with Crippen molar-refractivity contribution in [2.24, 2.45) is 0 Å². The van der Waals surface area contributed by atoms with E-state index >= 15 is 0 Å². The molecule has 0 saturated carbocycles. The molecule has 0 spiro atoms. The zero-order chi connectivity index (χ0) is 18.7. The molecule has 0 aliphatic carbocycles. The third-order valence-corrected chi connectivity index (χ3v) is 4.09. The van der Waals surface area contributed by atoms with E-state index in [1.807, 2.05) is 30.3 Å². The van der Waals surface area contributed by atoms with E-state index in [0.29, 0.717) is 5.69 Å². The molecule has 0 aliphatic rings. The van der Waals surface area contributed by atoms with E-state index in [9.17, 15) is 9.18 Å². The highest BCUT2D eigenvalue weighted by Crippen LogP contribution is 2.32. The number of carbonyl (C=O) groups is 1. The predicted octanol–water partition coefficient (Wildman–Crippen LogP) is 5.00. The number of benzene rings is 2. The van der Waals surface area contributed by atoms with Crippen LogP contribution < -0.4 is 0 Å². The Labute approximate surface area is 152 Å². The summed E-state index contributed by atoms with van der Waals surface area (Å²) in [6.45, 7) is 5.60. The Bertz CT molecular complexity index is 900. The molecule has 0 N–H and O–H groups in total. The van der Waals surface area contributed by atoms with Crippen molar-refractivity contribution in [3.63, 3.8) is 0 Å². The fourth-order valence-electron chi connectivity index (χ4n) is 2.96. The van der Waals surface area contributed by atoms with E-state index in [2.05, 4.69) is 18.4 Å². The first-order valence-electron chi connectivity index (χ1n) is 8.53. The van der Waals surface area contributed by atoms with Gasteiger partial charge in [0.05, 0.1) is 11.4 Å². The first kappa shape index (κ1) is 17.9. The Morgan fingerprint density at radius 1 is 1.08 bits per heavy atom. The third kappa shape index (κ3) is 3.67. The summed E-state index contributed by atoms with van der Waals surface area (Å²) in [5, 5.41) is 0. The average molecular weight is 352 g/mol. The van der Waals surface area contributed by atoms with Crippen LogP contribution >= 0.6 is 0 Å². The van der Waals surface area contributed by atoms with Gasteiger partial charge in [-0.05, 0) is 38.1 Å². The minimum absolute atomic E-state index is 0.109. The third-order valence-electron chi connectivity index (χ3n) is 4.09. The van der Waals surface area contributed by atoms with Crippen LogP contribution in [0.15, 0.2) is 54.6 Å². The Morgan fingerprint density at radius 3 is 2.31 bits per heavy atom. The molecule has 5 heteroatoms. The monoisotopic (exact) mass is 352 g/mol. The number of hydrogen-bond acceptors (Lipinski definition) is 3. The number of aromatic nitrogens is 2. The standard InChI is InChI=1S/C21H21FN2O2/c1-14(2)24-19(13-26-15(3)25)20(16-9-11-18(22)12-10-16)23-21(24)17-7-5-4-6-8-17/h4-12,14H,13H2,1-3H3. The van der Waals surface area contributed by atoms with Gasteiger partial charge < -0.3 is 9.30 Å². The lowest BCUT2D eigenvalue weighted by atomic mass is 10.1. The fraction of sp³-hybridized carbons (Fsp3) is 0.238. The van der Waals surface area contributed by atoms with Crippen LogP contribution in [-0.2, 0) is 16.1 Å². The molecule has 1 aromatic heterocycles. The molecule has 2 aromatic carbocycles. The van der Waals surface area contributed by atoms with Gasteiger partial charge in [0, 0.05) is 24.1 Å². The molecule has 134 valence electrons. The first-order chi connectivity index (χ1) is 12.5. The summed E-state index contributed by atoms with van der Waals surface area (Å²) in [4.78, 5) is 16.2. The zero-order valence-electron chi connectivity index (χ0n) is 15.1. The lowest BCUT2D eigenvalue weighted by Gasteiger charge is -2.16. The lowest BCUT2D eigenvalue weighted by Crippen LogP contribution is -2.10. The van der Waals surface area contributed by atoms with Crippen molar-refractivity contribution in [3.8, 4) is 22.6 Å². The zero-order valence-corrected chi connectivity index (χ0v) is 15.1. The van der Waals surface area contributed by atoms with Crippen LogP contribution in [0.1, 0.15) is 32.5 Å². The molecule has 3 aromatic rings. The number of esters is 1. The molecule has 0 radical (unpaired) electrons. The van der Waals surface area contributed by atoms with Gasteiger partial charge in [-0.2, -0.15) is 0 Å². The number of hydrogen-bond donors (Lipinski definition) is 0. The number of halogens is 1. The maximum atomic E-state index is 13.3. The highest BCUT2D eigenvalue weighted by Gasteiger charge is 2.22. The second-order valence-electron chi connectivity index (χ2n) is 6.35. The van der Waals surface area contributed by atoms with E-state index in [-0.39, 0.29) is 24.4 Å². The second kappa shape index (κ2) is 7.52. The van der Waals surface area contributed by atoms with E-state index in [4.69, 9.17) is 9.72 Å². The highest BCUT2D eigenvalue weighted by molar-refractivity contribution is 5.70. The van der Waals surface area contributed by atoms with E-state index in [0.717, 1.165) is 22.6 Å². The van der Waals surface area contributed by atoms with Gasteiger partial charge in [-0.3, -0.25) is 4.79 Å². The van der Waals surface area contributed by atoms with Gasteiger partial charge in [0.15, 0.2) is 0 Å². The Kier molecular flexibility index (Phi) is 5.16.